The molecule has 2 heteroatoms. The van der Waals surface area contributed by atoms with Gasteiger partial charge >= 0.3 is 0 Å². The van der Waals surface area contributed by atoms with Crippen molar-refractivity contribution in [2.24, 2.45) is 0 Å². The van der Waals surface area contributed by atoms with Gasteiger partial charge in [0.25, 0.3) is 0 Å². The zero-order valence-electron chi connectivity index (χ0n) is 12.9. The zero-order chi connectivity index (χ0) is 15.9. The van der Waals surface area contributed by atoms with Crippen LogP contribution in [0.2, 0.25) is 0 Å². The summed E-state index contributed by atoms with van der Waals surface area (Å²) in [7, 11) is 0. The highest BCUT2D eigenvalue weighted by Gasteiger charge is 2.19. The van der Waals surface area contributed by atoms with Crippen molar-refractivity contribution in [2.75, 3.05) is 0 Å². The summed E-state index contributed by atoms with van der Waals surface area (Å²) < 4.78 is 0. The number of benzene rings is 3. The predicted molar refractivity (Wildman–Crippen MR) is 97.5 cm³/mol. The third-order valence-electron chi connectivity index (χ3n) is 3.81. The third kappa shape index (κ3) is 4.47. The molecule has 3 aromatic carbocycles. The molecule has 0 spiro atoms. The Labute approximate surface area is 142 Å². The molecule has 116 valence electrons. The van der Waals surface area contributed by atoms with Crippen LogP contribution < -0.4 is 0 Å². The summed E-state index contributed by atoms with van der Waals surface area (Å²) in [6.45, 7) is 0. The second-order valence-electron chi connectivity index (χ2n) is 5.49. The Morgan fingerprint density at radius 3 is 1.70 bits per heavy atom. The lowest BCUT2D eigenvalue weighted by Gasteiger charge is -2.21. The van der Waals surface area contributed by atoms with E-state index in [1.54, 1.807) is 11.8 Å². The molecule has 1 unspecified atom stereocenters. The minimum Gasteiger partial charge on any atom is -0.388 e. The Balaban J connectivity index is 1.81. The standard InChI is InChI=1S/C21H20OS/c22-20(17-10-4-1-5-11-17)16-21(18-12-6-2-7-13-18)23-19-14-8-3-9-15-19/h1-15,20-22H,16H2/t20?,21-/m1/s1. The van der Waals surface area contributed by atoms with Gasteiger partial charge < -0.3 is 5.11 Å². The quantitative estimate of drug-likeness (QED) is 0.593. The monoisotopic (exact) mass is 320 g/mol. The molecule has 3 aromatic rings. The van der Waals surface area contributed by atoms with Crippen LogP contribution in [0.5, 0.6) is 0 Å². The molecule has 3 rings (SSSR count). The van der Waals surface area contributed by atoms with Gasteiger partial charge in [0.2, 0.25) is 0 Å². The van der Waals surface area contributed by atoms with Crippen LogP contribution in [0.4, 0.5) is 0 Å². The molecule has 0 aromatic heterocycles. The average Bonchev–Trinajstić information content (AvgIpc) is 2.63. The molecule has 0 saturated heterocycles. The van der Waals surface area contributed by atoms with Gasteiger partial charge in [0.15, 0.2) is 0 Å². The highest BCUT2D eigenvalue weighted by Crippen LogP contribution is 2.41. The number of rotatable bonds is 6. The minimum atomic E-state index is -0.461. The highest BCUT2D eigenvalue weighted by atomic mass is 32.2. The van der Waals surface area contributed by atoms with Gasteiger partial charge in [-0.3, -0.25) is 0 Å². The summed E-state index contributed by atoms with van der Waals surface area (Å²) in [5, 5.41) is 10.8. The van der Waals surface area contributed by atoms with Gasteiger partial charge in [-0.2, -0.15) is 0 Å². The lowest BCUT2D eigenvalue weighted by atomic mass is 10.0. The van der Waals surface area contributed by atoms with E-state index in [0.717, 1.165) is 5.56 Å². The summed E-state index contributed by atoms with van der Waals surface area (Å²) in [4.78, 5) is 1.22. The Kier molecular flexibility index (Phi) is 5.51. The van der Waals surface area contributed by atoms with E-state index >= 15 is 0 Å². The molecule has 0 bridgehead atoms. The molecule has 1 N–H and O–H groups in total. The van der Waals surface area contributed by atoms with Crippen LogP contribution >= 0.6 is 11.8 Å². The van der Waals surface area contributed by atoms with Crippen LogP contribution in [-0.4, -0.2) is 5.11 Å². The first-order valence-electron chi connectivity index (χ1n) is 7.82. The number of aliphatic hydroxyl groups is 1. The average molecular weight is 320 g/mol. The van der Waals surface area contributed by atoms with Crippen LogP contribution in [0, 0.1) is 0 Å². The van der Waals surface area contributed by atoms with Gasteiger partial charge in [-0.15, -0.1) is 11.8 Å². The Morgan fingerprint density at radius 1 is 0.652 bits per heavy atom. The summed E-state index contributed by atoms with van der Waals surface area (Å²) >= 11 is 1.80. The second-order valence-corrected chi connectivity index (χ2v) is 6.77. The van der Waals surface area contributed by atoms with E-state index < -0.39 is 6.10 Å². The molecular weight excluding hydrogens is 300 g/mol. The topological polar surface area (TPSA) is 20.2 Å². The molecule has 0 fully saturated rings. The van der Waals surface area contributed by atoms with E-state index in [0.29, 0.717) is 6.42 Å². The summed E-state index contributed by atoms with van der Waals surface area (Å²) in [6, 6.07) is 30.7. The maximum Gasteiger partial charge on any atom is 0.0804 e. The van der Waals surface area contributed by atoms with E-state index in [1.807, 2.05) is 42.5 Å². The first kappa shape index (κ1) is 15.9. The first-order chi connectivity index (χ1) is 11.3. The molecule has 0 aliphatic carbocycles. The van der Waals surface area contributed by atoms with Crippen molar-refractivity contribution >= 4 is 11.8 Å². The molecule has 1 nitrogen and oxygen atoms in total. The van der Waals surface area contributed by atoms with Crippen molar-refractivity contribution in [3.8, 4) is 0 Å². The number of hydrogen-bond acceptors (Lipinski definition) is 2. The van der Waals surface area contributed by atoms with E-state index in [1.165, 1.54) is 10.5 Å². The van der Waals surface area contributed by atoms with E-state index in [4.69, 9.17) is 0 Å². The van der Waals surface area contributed by atoms with Crippen LogP contribution in [0.1, 0.15) is 28.9 Å². The molecule has 0 radical (unpaired) electrons. The molecule has 0 amide bonds. The Bertz CT molecular complexity index is 698. The van der Waals surface area contributed by atoms with Crippen LogP contribution in [-0.2, 0) is 0 Å². The fourth-order valence-electron chi connectivity index (χ4n) is 2.60. The van der Waals surface area contributed by atoms with Crippen molar-refractivity contribution in [2.45, 2.75) is 22.7 Å². The van der Waals surface area contributed by atoms with Crippen molar-refractivity contribution in [1.29, 1.82) is 0 Å². The fraction of sp³-hybridized carbons (Fsp3) is 0.143. The number of hydrogen-bond donors (Lipinski definition) is 1. The molecule has 0 saturated carbocycles. The Hall–Kier alpha value is -2.03. The lowest BCUT2D eigenvalue weighted by molar-refractivity contribution is 0.167. The van der Waals surface area contributed by atoms with Crippen LogP contribution in [0.25, 0.3) is 0 Å². The number of aliphatic hydroxyl groups excluding tert-OH is 1. The SMILES string of the molecule is OC(C[C@@H](Sc1ccccc1)c1ccccc1)c1ccccc1. The van der Waals surface area contributed by atoms with Gasteiger partial charge in [-0.1, -0.05) is 78.9 Å². The van der Waals surface area contributed by atoms with Crippen molar-refractivity contribution in [3.63, 3.8) is 0 Å². The summed E-state index contributed by atoms with van der Waals surface area (Å²) in [6.07, 6.45) is 0.228. The Morgan fingerprint density at radius 2 is 1.13 bits per heavy atom. The van der Waals surface area contributed by atoms with E-state index in [2.05, 4.69) is 48.5 Å². The molecule has 23 heavy (non-hydrogen) atoms. The summed E-state index contributed by atoms with van der Waals surface area (Å²) in [5.74, 6) is 0. The molecule has 0 heterocycles. The second kappa shape index (κ2) is 8.00. The normalized spacial score (nSPS) is 13.4. The molecular formula is C21H20OS. The minimum absolute atomic E-state index is 0.216. The van der Waals surface area contributed by atoms with Gasteiger partial charge in [0.1, 0.15) is 0 Å². The molecule has 2 atom stereocenters. The largest absolute Gasteiger partial charge is 0.388 e. The van der Waals surface area contributed by atoms with Crippen LogP contribution in [0.3, 0.4) is 0 Å². The smallest absolute Gasteiger partial charge is 0.0804 e. The predicted octanol–water partition coefficient (Wildman–Crippen LogP) is 5.64. The van der Waals surface area contributed by atoms with Crippen molar-refractivity contribution in [1.82, 2.24) is 0 Å². The van der Waals surface area contributed by atoms with Gasteiger partial charge in [0, 0.05) is 10.1 Å². The van der Waals surface area contributed by atoms with Gasteiger partial charge in [-0.25, -0.2) is 0 Å². The van der Waals surface area contributed by atoms with Crippen LogP contribution in [0.15, 0.2) is 95.9 Å². The van der Waals surface area contributed by atoms with Crippen molar-refractivity contribution < 1.29 is 5.11 Å². The van der Waals surface area contributed by atoms with Gasteiger partial charge in [0.05, 0.1) is 6.10 Å². The third-order valence-corrected chi connectivity index (χ3v) is 5.11. The maximum atomic E-state index is 10.6. The maximum absolute atomic E-state index is 10.6. The van der Waals surface area contributed by atoms with Crippen molar-refractivity contribution in [3.05, 3.63) is 102 Å². The zero-order valence-corrected chi connectivity index (χ0v) is 13.7. The molecule has 0 aliphatic rings. The lowest BCUT2D eigenvalue weighted by Crippen LogP contribution is -2.04. The number of thioether (sulfide) groups is 1. The van der Waals surface area contributed by atoms with Gasteiger partial charge in [-0.05, 0) is 29.7 Å². The summed E-state index contributed by atoms with van der Waals surface area (Å²) in [5.41, 5.74) is 2.22. The molecule has 0 aliphatic heterocycles. The fourth-order valence-corrected chi connectivity index (χ4v) is 3.81. The first-order valence-corrected chi connectivity index (χ1v) is 8.70. The van der Waals surface area contributed by atoms with E-state index in [-0.39, 0.29) is 5.25 Å². The van der Waals surface area contributed by atoms with E-state index in [9.17, 15) is 5.11 Å². The highest BCUT2D eigenvalue weighted by molar-refractivity contribution is 7.99.